The summed E-state index contributed by atoms with van der Waals surface area (Å²) in [7, 11) is 0. The van der Waals surface area contributed by atoms with Crippen LogP contribution >= 0.6 is 11.6 Å². The van der Waals surface area contributed by atoms with Crippen LogP contribution in [0.1, 0.15) is 27.9 Å². The Morgan fingerprint density at radius 3 is 2.73 bits per heavy atom. The Bertz CT molecular complexity index is 971. The fourth-order valence-electron chi connectivity index (χ4n) is 3.24. The van der Waals surface area contributed by atoms with E-state index in [-0.39, 0.29) is 5.91 Å². The molecule has 0 spiro atoms. The Balaban J connectivity index is 1.56. The van der Waals surface area contributed by atoms with Crippen molar-refractivity contribution in [1.82, 2.24) is 4.98 Å². The van der Waals surface area contributed by atoms with E-state index in [9.17, 15) is 4.79 Å². The predicted molar refractivity (Wildman–Crippen MR) is 105 cm³/mol. The predicted octanol–water partition coefficient (Wildman–Crippen LogP) is 5.22. The van der Waals surface area contributed by atoms with Gasteiger partial charge in [-0.15, -0.1) is 0 Å². The van der Waals surface area contributed by atoms with Crippen LogP contribution in [-0.4, -0.2) is 10.9 Å². The molecule has 1 amide bonds. The van der Waals surface area contributed by atoms with E-state index in [1.807, 2.05) is 18.2 Å². The van der Waals surface area contributed by atoms with E-state index >= 15 is 0 Å². The summed E-state index contributed by atoms with van der Waals surface area (Å²) in [5.41, 5.74) is 4.78. The van der Waals surface area contributed by atoms with Gasteiger partial charge in [0.2, 0.25) is 0 Å². The SMILES string of the molecule is O=C(Nc1ccc2c(c1)CCC2)c1cccnc1Nc1cccc(Cl)c1. The Kier molecular flexibility index (Phi) is 4.59. The second-order valence-corrected chi connectivity index (χ2v) is 6.76. The largest absolute Gasteiger partial charge is 0.340 e. The molecular formula is C21H18ClN3O. The highest BCUT2D eigenvalue weighted by Crippen LogP contribution is 2.26. The van der Waals surface area contributed by atoms with Crippen LogP contribution in [0.5, 0.6) is 0 Å². The molecule has 2 N–H and O–H groups in total. The van der Waals surface area contributed by atoms with Gasteiger partial charge >= 0.3 is 0 Å². The van der Waals surface area contributed by atoms with Gasteiger partial charge < -0.3 is 10.6 Å². The highest BCUT2D eigenvalue weighted by Gasteiger charge is 2.15. The minimum Gasteiger partial charge on any atom is -0.340 e. The lowest BCUT2D eigenvalue weighted by Gasteiger charge is -2.12. The van der Waals surface area contributed by atoms with Gasteiger partial charge in [-0.3, -0.25) is 4.79 Å². The van der Waals surface area contributed by atoms with Gasteiger partial charge in [0.25, 0.3) is 5.91 Å². The van der Waals surface area contributed by atoms with Crippen LogP contribution in [0.2, 0.25) is 5.02 Å². The highest BCUT2D eigenvalue weighted by atomic mass is 35.5. The van der Waals surface area contributed by atoms with Crippen LogP contribution in [0, 0.1) is 0 Å². The first-order valence-electron chi connectivity index (χ1n) is 8.60. The summed E-state index contributed by atoms with van der Waals surface area (Å²) in [6.07, 6.45) is 5.04. The summed E-state index contributed by atoms with van der Waals surface area (Å²) >= 11 is 6.03. The Morgan fingerprint density at radius 1 is 0.962 bits per heavy atom. The van der Waals surface area contributed by atoms with E-state index in [1.165, 1.54) is 17.5 Å². The van der Waals surface area contributed by atoms with Crippen molar-refractivity contribution in [1.29, 1.82) is 0 Å². The van der Waals surface area contributed by atoms with Gasteiger partial charge in [0.05, 0.1) is 5.56 Å². The first-order chi connectivity index (χ1) is 12.7. The maximum Gasteiger partial charge on any atom is 0.259 e. The van der Waals surface area contributed by atoms with Gasteiger partial charge in [-0.25, -0.2) is 4.98 Å². The number of carbonyl (C=O) groups excluding carboxylic acids is 1. The van der Waals surface area contributed by atoms with E-state index in [2.05, 4.69) is 27.8 Å². The van der Waals surface area contributed by atoms with E-state index < -0.39 is 0 Å². The number of benzene rings is 2. The topological polar surface area (TPSA) is 54.0 Å². The molecule has 0 radical (unpaired) electrons. The van der Waals surface area contributed by atoms with E-state index in [0.717, 1.165) is 24.2 Å². The molecule has 0 saturated heterocycles. The van der Waals surface area contributed by atoms with Gasteiger partial charge in [0.15, 0.2) is 0 Å². The molecule has 4 rings (SSSR count). The number of anilines is 3. The quantitative estimate of drug-likeness (QED) is 0.668. The monoisotopic (exact) mass is 363 g/mol. The lowest BCUT2D eigenvalue weighted by Crippen LogP contribution is -2.14. The van der Waals surface area contributed by atoms with Crippen molar-refractivity contribution in [3.63, 3.8) is 0 Å². The molecule has 130 valence electrons. The fraction of sp³-hybridized carbons (Fsp3) is 0.143. The number of fused-ring (bicyclic) bond motifs is 1. The van der Waals surface area contributed by atoms with Crippen molar-refractivity contribution in [2.45, 2.75) is 19.3 Å². The van der Waals surface area contributed by atoms with E-state index in [4.69, 9.17) is 11.6 Å². The van der Waals surface area contributed by atoms with Crippen LogP contribution in [0.4, 0.5) is 17.2 Å². The Hall–Kier alpha value is -2.85. The molecule has 0 fully saturated rings. The second kappa shape index (κ2) is 7.18. The molecule has 1 aliphatic carbocycles. The zero-order valence-electron chi connectivity index (χ0n) is 14.1. The molecule has 1 aromatic heterocycles. The minimum atomic E-state index is -0.194. The number of hydrogen-bond donors (Lipinski definition) is 2. The van der Waals surface area contributed by atoms with Crippen molar-refractivity contribution in [2.24, 2.45) is 0 Å². The third-order valence-electron chi connectivity index (χ3n) is 4.50. The Morgan fingerprint density at radius 2 is 1.85 bits per heavy atom. The molecule has 0 unspecified atom stereocenters. The van der Waals surface area contributed by atoms with Gasteiger partial charge in [-0.2, -0.15) is 0 Å². The average molecular weight is 364 g/mol. The summed E-state index contributed by atoms with van der Waals surface area (Å²) in [6, 6.07) is 16.9. The number of amides is 1. The van der Waals surface area contributed by atoms with Crippen LogP contribution in [-0.2, 0) is 12.8 Å². The van der Waals surface area contributed by atoms with E-state index in [1.54, 1.807) is 30.5 Å². The molecule has 0 bridgehead atoms. The molecule has 26 heavy (non-hydrogen) atoms. The second-order valence-electron chi connectivity index (χ2n) is 6.33. The van der Waals surface area contributed by atoms with Gasteiger partial charge in [-0.1, -0.05) is 23.7 Å². The van der Waals surface area contributed by atoms with Crippen molar-refractivity contribution >= 4 is 34.7 Å². The number of aryl methyl sites for hydroxylation is 2. The van der Waals surface area contributed by atoms with Crippen molar-refractivity contribution in [2.75, 3.05) is 10.6 Å². The number of hydrogen-bond acceptors (Lipinski definition) is 3. The van der Waals surface area contributed by atoms with E-state index in [0.29, 0.717) is 16.4 Å². The maximum atomic E-state index is 12.8. The standard InChI is InChI=1S/C21H18ClN3O/c22-16-6-2-7-17(13-16)24-20-19(8-3-11-23-20)21(26)25-18-10-9-14-4-1-5-15(14)12-18/h2-3,6-13H,1,4-5H2,(H,23,24)(H,25,26). The van der Waals surface area contributed by atoms with Crippen LogP contribution < -0.4 is 10.6 Å². The zero-order valence-corrected chi connectivity index (χ0v) is 14.9. The number of aromatic nitrogens is 1. The molecule has 3 aromatic rings. The number of nitrogens with one attached hydrogen (secondary N) is 2. The third-order valence-corrected chi connectivity index (χ3v) is 4.73. The molecule has 0 atom stereocenters. The van der Waals surface area contributed by atoms with Crippen LogP contribution in [0.3, 0.4) is 0 Å². The molecular weight excluding hydrogens is 346 g/mol. The molecule has 2 aromatic carbocycles. The van der Waals surface area contributed by atoms with Gasteiger partial charge in [-0.05, 0) is 72.9 Å². The van der Waals surface area contributed by atoms with Gasteiger partial charge in [0, 0.05) is 22.6 Å². The smallest absolute Gasteiger partial charge is 0.259 e. The normalized spacial score (nSPS) is 12.5. The molecule has 1 aliphatic rings. The highest BCUT2D eigenvalue weighted by molar-refractivity contribution is 6.30. The summed E-state index contributed by atoms with van der Waals surface area (Å²) in [5.74, 6) is 0.300. The summed E-state index contributed by atoms with van der Waals surface area (Å²) in [4.78, 5) is 17.1. The van der Waals surface area contributed by atoms with Crippen LogP contribution in [0.15, 0.2) is 60.8 Å². The summed E-state index contributed by atoms with van der Waals surface area (Å²) in [5, 5.41) is 6.77. The van der Waals surface area contributed by atoms with Crippen molar-refractivity contribution in [3.8, 4) is 0 Å². The average Bonchev–Trinajstić information content (AvgIpc) is 3.10. The molecule has 0 aliphatic heterocycles. The zero-order chi connectivity index (χ0) is 17.9. The van der Waals surface area contributed by atoms with Crippen molar-refractivity contribution < 1.29 is 4.79 Å². The summed E-state index contributed by atoms with van der Waals surface area (Å²) in [6.45, 7) is 0. The first kappa shape index (κ1) is 16.6. The Labute approximate surface area is 157 Å². The first-order valence-corrected chi connectivity index (χ1v) is 8.97. The number of halogens is 1. The molecule has 1 heterocycles. The molecule has 5 heteroatoms. The number of pyridine rings is 1. The van der Waals surface area contributed by atoms with Crippen LogP contribution in [0.25, 0.3) is 0 Å². The van der Waals surface area contributed by atoms with Gasteiger partial charge in [0.1, 0.15) is 5.82 Å². The molecule has 4 nitrogen and oxygen atoms in total. The number of rotatable bonds is 4. The number of carbonyl (C=O) groups is 1. The maximum absolute atomic E-state index is 12.8. The number of nitrogens with zero attached hydrogens (tertiary/aromatic N) is 1. The van der Waals surface area contributed by atoms with Crippen molar-refractivity contribution in [3.05, 3.63) is 82.5 Å². The summed E-state index contributed by atoms with van der Waals surface area (Å²) < 4.78 is 0. The lowest BCUT2D eigenvalue weighted by molar-refractivity contribution is 0.102. The molecule has 0 saturated carbocycles. The minimum absolute atomic E-state index is 0.194. The lowest BCUT2D eigenvalue weighted by atomic mass is 10.1. The third kappa shape index (κ3) is 3.55. The fourth-order valence-corrected chi connectivity index (χ4v) is 3.43.